The molecule has 0 spiro atoms. The van der Waals surface area contributed by atoms with Crippen LogP contribution >= 0.6 is 0 Å². The maximum absolute atomic E-state index is 10.8. The number of furan rings is 1. The van der Waals surface area contributed by atoms with Crippen LogP contribution in [0.25, 0.3) is 11.0 Å². The molecule has 66 valence electrons. The molecule has 0 radical (unpaired) electrons. The molecule has 0 saturated heterocycles. The number of hydrogen-bond acceptors (Lipinski definition) is 2. The first kappa shape index (κ1) is 7.86. The summed E-state index contributed by atoms with van der Waals surface area (Å²) in [6, 6.07) is 5.11. The molecule has 13 heavy (non-hydrogen) atoms. The van der Waals surface area contributed by atoms with Crippen LogP contribution in [0.3, 0.4) is 0 Å². The number of aromatic carboxylic acids is 1. The molecular weight excluding hydrogens is 168 g/mol. The molecular formula is C10H8O3. The molecule has 0 aliphatic carbocycles. The van der Waals surface area contributed by atoms with Crippen molar-refractivity contribution < 1.29 is 14.3 Å². The summed E-state index contributed by atoms with van der Waals surface area (Å²) in [5, 5.41) is 9.69. The van der Waals surface area contributed by atoms with Crippen molar-refractivity contribution in [1.82, 2.24) is 0 Å². The SMILES string of the molecule is Cc1ccc(C(=O)O)c2occc12. The van der Waals surface area contributed by atoms with Gasteiger partial charge in [0.05, 0.1) is 6.26 Å². The third-order valence-electron chi connectivity index (χ3n) is 2.07. The number of hydrogen-bond donors (Lipinski definition) is 1. The summed E-state index contributed by atoms with van der Waals surface area (Å²) >= 11 is 0. The van der Waals surface area contributed by atoms with E-state index in [-0.39, 0.29) is 5.56 Å². The highest BCUT2D eigenvalue weighted by Crippen LogP contribution is 2.23. The molecule has 3 heteroatoms. The summed E-state index contributed by atoms with van der Waals surface area (Å²) in [6.07, 6.45) is 1.50. The van der Waals surface area contributed by atoms with Crippen molar-refractivity contribution in [2.75, 3.05) is 0 Å². The van der Waals surface area contributed by atoms with Crippen molar-refractivity contribution in [3.05, 3.63) is 35.6 Å². The van der Waals surface area contributed by atoms with Gasteiger partial charge in [0.25, 0.3) is 0 Å². The number of carboxylic acid groups (broad SMARTS) is 1. The molecule has 2 aromatic rings. The zero-order chi connectivity index (χ0) is 9.42. The summed E-state index contributed by atoms with van der Waals surface area (Å²) in [6.45, 7) is 1.92. The fraction of sp³-hybridized carbons (Fsp3) is 0.100. The summed E-state index contributed by atoms with van der Waals surface area (Å²) in [4.78, 5) is 10.8. The zero-order valence-corrected chi connectivity index (χ0v) is 7.07. The van der Waals surface area contributed by atoms with Crippen molar-refractivity contribution in [3.8, 4) is 0 Å². The largest absolute Gasteiger partial charge is 0.478 e. The second-order valence-electron chi connectivity index (χ2n) is 2.90. The van der Waals surface area contributed by atoms with Crippen LogP contribution in [0.2, 0.25) is 0 Å². The minimum absolute atomic E-state index is 0.214. The van der Waals surface area contributed by atoms with Crippen LogP contribution in [-0.4, -0.2) is 11.1 Å². The zero-order valence-electron chi connectivity index (χ0n) is 7.07. The fourth-order valence-electron chi connectivity index (χ4n) is 1.37. The maximum Gasteiger partial charge on any atom is 0.339 e. The van der Waals surface area contributed by atoms with E-state index >= 15 is 0 Å². The Hall–Kier alpha value is -1.77. The Labute approximate surface area is 74.6 Å². The molecule has 1 N–H and O–H groups in total. The van der Waals surface area contributed by atoms with E-state index in [2.05, 4.69) is 0 Å². The van der Waals surface area contributed by atoms with E-state index < -0.39 is 5.97 Å². The lowest BCUT2D eigenvalue weighted by Crippen LogP contribution is -1.96. The number of carbonyl (C=O) groups is 1. The van der Waals surface area contributed by atoms with Gasteiger partial charge in [0.2, 0.25) is 0 Å². The van der Waals surface area contributed by atoms with Gasteiger partial charge in [-0.15, -0.1) is 0 Å². The number of benzene rings is 1. The fourth-order valence-corrected chi connectivity index (χ4v) is 1.37. The predicted molar refractivity (Wildman–Crippen MR) is 47.9 cm³/mol. The lowest BCUT2D eigenvalue weighted by molar-refractivity contribution is 0.0698. The first-order chi connectivity index (χ1) is 6.20. The van der Waals surface area contributed by atoms with E-state index in [4.69, 9.17) is 9.52 Å². The molecule has 0 bridgehead atoms. The average molecular weight is 176 g/mol. The van der Waals surface area contributed by atoms with Crippen LogP contribution in [0, 0.1) is 6.92 Å². The molecule has 0 aliphatic heterocycles. The van der Waals surface area contributed by atoms with Crippen molar-refractivity contribution in [2.24, 2.45) is 0 Å². The van der Waals surface area contributed by atoms with E-state index in [1.165, 1.54) is 6.26 Å². The molecule has 0 fully saturated rings. The molecule has 2 rings (SSSR count). The summed E-state index contributed by atoms with van der Waals surface area (Å²) < 4.78 is 5.11. The Kier molecular flexibility index (Phi) is 1.59. The topological polar surface area (TPSA) is 50.4 Å². The molecule has 0 saturated carbocycles. The van der Waals surface area contributed by atoms with Gasteiger partial charge in [0, 0.05) is 5.39 Å². The van der Waals surface area contributed by atoms with Crippen LogP contribution in [0.5, 0.6) is 0 Å². The molecule has 1 aromatic heterocycles. The first-order valence-corrected chi connectivity index (χ1v) is 3.90. The maximum atomic E-state index is 10.8. The molecule has 0 amide bonds. The number of rotatable bonds is 1. The van der Waals surface area contributed by atoms with Crippen molar-refractivity contribution >= 4 is 16.9 Å². The molecule has 1 heterocycles. The Morgan fingerprint density at radius 3 is 2.85 bits per heavy atom. The van der Waals surface area contributed by atoms with E-state index in [9.17, 15) is 4.79 Å². The number of fused-ring (bicyclic) bond motifs is 1. The van der Waals surface area contributed by atoms with Gasteiger partial charge in [-0.2, -0.15) is 0 Å². The van der Waals surface area contributed by atoms with Crippen LogP contribution < -0.4 is 0 Å². The van der Waals surface area contributed by atoms with Crippen LogP contribution in [0.4, 0.5) is 0 Å². The highest BCUT2D eigenvalue weighted by molar-refractivity contribution is 6.01. The smallest absolute Gasteiger partial charge is 0.339 e. The lowest BCUT2D eigenvalue weighted by atomic mass is 10.1. The second kappa shape index (κ2) is 2.62. The van der Waals surface area contributed by atoms with E-state index in [1.54, 1.807) is 18.2 Å². The van der Waals surface area contributed by atoms with Gasteiger partial charge in [-0.05, 0) is 24.6 Å². The van der Waals surface area contributed by atoms with E-state index in [1.807, 2.05) is 6.92 Å². The van der Waals surface area contributed by atoms with Crippen molar-refractivity contribution in [1.29, 1.82) is 0 Å². The molecule has 0 aliphatic rings. The van der Waals surface area contributed by atoms with E-state index in [0.29, 0.717) is 5.58 Å². The van der Waals surface area contributed by atoms with Crippen molar-refractivity contribution in [3.63, 3.8) is 0 Å². The third kappa shape index (κ3) is 1.09. The van der Waals surface area contributed by atoms with Gasteiger partial charge in [-0.3, -0.25) is 0 Å². The average Bonchev–Trinajstić information content (AvgIpc) is 2.53. The minimum atomic E-state index is -0.958. The van der Waals surface area contributed by atoms with Gasteiger partial charge in [-0.25, -0.2) is 4.79 Å². The highest BCUT2D eigenvalue weighted by atomic mass is 16.4. The van der Waals surface area contributed by atoms with Gasteiger partial charge in [-0.1, -0.05) is 6.07 Å². The Balaban J connectivity index is 2.86. The minimum Gasteiger partial charge on any atom is -0.478 e. The summed E-state index contributed by atoms with van der Waals surface area (Å²) in [5.41, 5.74) is 1.69. The Morgan fingerprint density at radius 2 is 2.15 bits per heavy atom. The van der Waals surface area contributed by atoms with Crippen molar-refractivity contribution in [2.45, 2.75) is 6.92 Å². The first-order valence-electron chi connectivity index (χ1n) is 3.90. The van der Waals surface area contributed by atoms with Crippen LogP contribution in [0.15, 0.2) is 28.9 Å². The molecule has 0 atom stereocenters. The quantitative estimate of drug-likeness (QED) is 0.725. The van der Waals surface area contributed by atoms with Gasteiger partial charge >= 0.3 is 5.97 Å². The standard InChI is InChI=1S/C10H8O3/c1-6-2-3-8(10(11)12)9-7(6)4-5-13-9/h2-5H,1H3,(H,11,12). The van der Waals surface area contributed by atoms with Crippen LogP contribution in [-0.2, 0) is 0 Å². The third-order valence-corrected chi connectivity index (χ3v) is 2.07. The Bertz CT molecular complexity index is 468. The normalized spacial score (nSPS) is 10.5. The second-order valence-corrected chi connectivity index (χ2v) is 2.90. The molecule has 3 nitrogen and oxygen atoms in total. The Morgan fingerprint density at radius 1 is 1.38 bits per heavy atom. The number of aryl methyl sites for hydroxylation is 1. The highest BCUT2D eigenvalue weighted by Gasteiger charge is 2.11. The molecule has 0 unspecified atom stereocenters. The number of carboxylic acids is 1. The summed E-state index contributed by atoms with van der Waals surface area (Å²) in [5.74, 6) is -0.958. The molecule has 1 aromatic carbocycles. The van der Waals surface area contributed by atoms with Crippen LogP contribution in [0.1, 0.15) is 15.9 Å². The monoisotopic (exact) mass is 176 g/mol. The van der Waals surface area contributed by atoms with Gasteiger partial charge in [0.15, 0.2) is 0 Å². The summed E-state index contributed by atoms with van der Waals surface area (Å²) in [7, 11) is 0. The predicted octanol–water partition coefficient (Wildman–Crippen LogP) is 2.44. The van der Waals surface area contributed by atoms with Gasteiger partial charge < -0.3 is 9.52 Å². The van der Waals surface area contributed by atoms with Gasteiger partial charge in [0.1, 0.15) is 11.1 Å². The lowest BCUT2D eigenvalue weighted by Gasteiger charge is -1.98. The van der Waals surface area contributed by atoms with E-state index in [0.717, 1.165) is 10.9 Å².